The highest BCUT2D eigenvalue weighted by atomic mass is 16.5. The summed E-state index contributed by atoms with van der Waals surface area (Å²) >= 11 is 0. The molecule has 1 aliphatic rings. The molecule has 5 nitrogen and oxygen atoms in total. The molecule has 0 saturated heterocycles. The molecule has 0 aliphatic heterocycles. The minimum absolute atomic E-state index is 0.0719. The fourth-order valence-corrected chi connectivity index (χ4v) is 3.82. The zero-order valence-corrected chi connectivity index (χ0v) is 17.1. The Labute approximate surface area is 177 Å². The predicted octanol–water partition coefficient (Wildman–Crippen LogP) is 4.57. The molecule has 0 unspecified atom stereocenters. The summed E-state index contributed by atoms with van der Waals surface area (Å²) in [6.45, 7) is 3.78. The van der Waals surface area contributed by atoms with E-state index in [9.17, 15) is 4.79 Å². The lowest BCUT2D eigenvalue weighted by molar-refractivity contribution is 0.143. The number of hydrogen-bond acceptors (Lipinski definition) is 3. The Morgan fingerprint density at radius 3 is 2.53 bits per heavy atom. The van der Waals surface area contributed by atoms with E-state index >= 15 is 0 Å². The Morgan fingerprint density at radius 1 is 1.13 bits per heavy atom. The number of carbonyl (C=O) groups is 1. The van der Waals surface area contributed by atoms with Crippen LogP contribution in [-0.4, -0.2) is 29.0 Å². The number of alkyl carbamates (subject to hydrolysis) is 1. The molecule has 5 heteroatoms. The highest BCUT2D eigenvalue weighted by molar-refractivity contribution is 5.79. The van der Waals surface area contributed by atoms with Crippen molar-refractivity contribution in [2.45, 2.75) is 32.2 Å². The van der Waals surface area contributed by atoms with Gasteiger partial charge in [-0.3, -0.25) is 4.68 Å². The van der Waals surface area contributed by atoms with E-state index < -0.39 is 6.09 Å². The summed E-state index contributed by atoms with van der Waals surface area (Å²) in [4.78, 5) is 12.1. The quantitative estimate of drug-likeness (QED) is 0.488. The molecule has 0 spiro atoms. The molecular formula is C25H25N3O2. The molecule has 0 radical (unpaired) electrons. The molecule has 1 N–H and O–H groups in total. The highest BCUT2D eigenvalue weighted by Gasteiger charge is 2.28. The van der Waals surface area contributed by atoms with Gasteiger partial charge in [-0.1, -0.05) is 67.3 Å². The van der Waals surface area contributed by atoms with Gasteiger partial charge >= 0.3 is 6.09 Å². The van der Waals surface area contributed by atoms with Crippen LogP contribution in [0.1, 0.15) is 42.4 Å². The molecule has 1 aliphatic carbocycles. The van der Waals surface area contributed by atoms with Gasteiger partial charge in [0.25, 0.3) is 0 Å². The number of aryl methyl sites for hydroxylation is 1. The van der Waals surface area contributed by atoms with E-state index in [0.717, 1.165) is 18.5 Å². The summed E-state index contributed by atoms with van der Waals surface area (Å²) in [7, 11) is 0. The van der Waals surface area contributed by atoms with Crippen LogP contribution in [0.2, 0.25) is 0 Å². The molecule has 0 atom stereocenters. The Balaban J connectivity index is 1.26. The van der Waals surface area contributed by atoms with Gasteiger partial charge in [0.2, 0.25) is 0 Å². The van der Waals surface area contributed by atoms with E-state index in [-0.39, 0.29) is 5.92 Å². The van der Waals surface area contributed by atoms with Gasteiger partial charge in [0.15, 0.2) is 0 Å². The minimum atomic E-state index is -0.408. The minimum Gasteiger partial charge on any atom is -0.449 e. The molecule has 1 heterocycles. The number of nitrogens with one attached hydrogen (secondary N) is 1. The average molecular weight is 399 g/mol. The molecule has 1 aromatic heterocycles. The van der Waals surface area contributed by atoms with Crippen LogP contribution >= 0.6 is 0 Å². The molecule has 0 fully saturated rings. The topological polar surface area (TPSA) is 56.2 Å². The van der Waals surface area contributed by atoms with E-state index in [1.165, 1.54) is 22.3 Å². The average Bonchev–Trinajstić information content (AvgIpc) is 3.34. The van der Waals surface area contributed by atoms with Crippen LogP contribution in [0.5, 0.6) is 0 Å². The zero-order chi connectivity index (χ0) is 20.8. The van der Waals surface area contributed by atoms with Crippen LogP contribution in [0.3, 0.4) is 0 Å². The summed E-state index contributed by atoms with van der Waals surface area (Å²) in [5, 5.41) is 7.03. The van der Waals surface area contributed by atoms with Crippen molar-refractivity contribution < 1.29 is 9.53 Å². The third-order valence-corrected chi connectivity index (χ3v) is 5.18. The number of benzene rings is 2. The third-order valence-electron chi connectivity index (χ3n) is 5.18. The lowest BCUT2D eigenvalue weighted by Crippen LogP contribution is -2.26. The number of fused-ring (bicyclic) bond motifs is 3. The number of hydrogen-bond donors (Lipinski definition) is 1. The lowest BCUT2D eigenvalue weighted by atomic mass is 9.98. The second-order valence-electron chi connectivity index (χ2n) is 7.30. The predicted molar refractivity (Wildman–Crippen MR) is 117 cm³/mol. The van der Waals surface area contributed by atoms with E-state index in [1.807, 2.05) is 35.1 Å². The summed E-state index contributed by atoms with van der Waals surface area (Å²) in [6.07, 6.45) is 4.90. The van der Waals surface area contributed by atoms with Gasteiger partial charge in [0, 0.05) is 31.6 Å². The van der Waals surface area contributed by atoms with Crippen molar-refractivity contribution in [3.8, 4) is 23.0 Å². The van der Waals surface area contributed by atoms with E-state index in [2.05, 4.69) is 53.4 Å². The number of nitrogens with zero attached hydrogens (tertiary/aromatic N) is 2. The van der Waals surface area contributed by atoms with Gasteiger partial charge in [-0.2, -0.15) is 5.10 Å². The molecule has 0 saturated carbocycles. The van der Waals surface area contributed by atoms with Crippen molar-refractivity contribution in [1.29, 1.82) is 0 Å². The van der Waals surface area contributed by atoms with Gasteiger partial charge in [-0.05, 0) is 28.7 Å². The largest absolute Gasteiger partial charge is 0.449 e. The number of carbonyl (C=O) groups excluding carboxylic acids is 1. The van der Waals surface area contributed by atoms with Crippen molar-refractivity contribution in [2.75, 3.05) is 13.2 Å². The first kappa shape index (κ1) is 19.8. The van der Waals surface area contributed by atoms with E-state index in [1.54, 1.807) is 6.20 Å². The fourth-order valence-electron chi connectivity index (χ4n) is 3.82. The van der Waals surface area contributed by atoms with Crippen LogP contribution in [-0.2, 0) is 11.3 Å². The van der Waals surface area contributed by atoms with Crippen LogP contribution in [0.4, 0.5) is 4.79 Å². The SMILES string of the molecule is CCCn1cc(C#CCCNC(=O)OCC2c3ccccc3-c3ccccc32)cn1. The molecule has 152 valence electrons. The monoisotopic (exact) mass is 399 g/mol. The van der Waals surface area contributed by atoms with E-state index in [4.69, 9.17) is 4.74 Å². The van der Waals surface area contributed by atoms with Crippen LogP contribution in [0.25, 0.3) is 11.1 Å². The maximum atomic E-state index is 12.1. The Morgan fingerprint density at radius 2 is 1.83 bits per heavy atom. The summed E-state index contributed by atoms with van der Waals surface area (Å²) in [5.41, 5.74) is 5.76. The molecule has 30 heavy (non-hydrogen) atoms. The van der Waals surface area contributed by atoms with Gasteiger partial charge < -0.3 is 10.1 Å². The maximum absolute atomic E-state index is 12.1. The Bertz CT molecular complexity index is 1050. The summed E-state index contributed by atoms with van der Waals surface area (Å²) < 4.78 is 7.41. The van der Waals surface area contributed by atoms with Crippen molar-refractivity contribution >= 4 is 6.09 Å². The Hall–Kier alpha value is -3.52. The Kier molecular flexibility index (Phi) is 6.14. The van der Waals surface area contributed by atoms with Crippen molar-refractivity contribution in [1.82, 2.24) is 15.1 Å². The smallest absolute Gasteiger partial charge is 0.407 e. The van der Waals surface area contributed by atoms with Crippen molar-refractivity contribution in [3.63, 3.8) is 0 Å². The maximum Gasteiger partial charge on any atom is 0.407 e. The molecule has 2 aromatic carbocycles. The molecular weight excluding hydrogens is 374 g/mol. The first-order chi connectivity index (χ1) is 14.8. The third kappa shape index (κ3) is 4.38. The summed E-state index contributed by atoms with van der Waals surface area (Å²) in [5.74, 6) is 6.20. The molecule has 1 amide bonds. The molecule has 3 aromatic rings. The lowest BCUT2D eigenvalue weighted by Gasteiger charge is -2.14. The fraction of sp³-hybridized carbons (Fsp3) is 0.280. The summed E-state index contributed by atoms with van der Waals surface area (Å²) in [6, 6.07) is 16.6. The second-order valence-corrected chi connectivity index (χ2v) is 7.30. The number of amides is 1. The van der Waals surface area contributed by atoms with Crippen molar-refractivity contribution in [3.05, 3.63) is 77.6 Å². The molecule has 0 bridgehead atoms. The number of aromatic nitrogens is 2. The molecule has 4 rings (SSSR count). The van der Waals surface area contributed by atoms with Gasteiger partial charge in [0.1, 0.15) is 6.61 Å². The van der Waals surface area contributed by atoms with Gasteiger partial charge in [-0.25, -0.2) is 4.79 Å². The highest BCUT2D eigenvalue weighted by Crippen LogP contribution is 2.44. The van der Waals surface area contributed by atoms with E-state index in [0.29, 0.717) is 19.6 Å². The zero-order valence-electron chi connectivity index (χ0n) is 17.1. The first-order valence-corrected chi connectivity index (χ1v) is 10.4. The van der Waals surface area contributed by atoms with Crippen LogP contribution in [0, 0.1) is 11.8 Å². The number of rotatable bonds is 6. The second kappa shape index (κ2) is 9.32. The standard InChI is InChI=1S/C25H25N3O2/c1-2-15-28-17-19(16-27-28)9-7-8-14-26-25(29)30-18-24-22-12-5-3-10-20(22)21-11-4-6-13-23(21)24/h3-6,10-13,16-17,24H,2,8,14-15,18H2,1H3,(H,26,29). The normalized spacial score (nSPS) is 11.9. The van der Waals surface area contributed by atoms with Gasteiger partial charge in [0.05, 0.1) is 11.8 Å². The van der Waals surface area contributed by atoms with Crippen LogP contribution < -0.4 is 5.32 Å². The first-order valence-electron chi connectivity index (χ1n) is 10.4. The number of ether oxygens (including phenoxy) is 1. The van der Waals surface area contributed by atoms with Gasteiger partial charge in [-0.15, -0.1) is 0 Å². The van der Waals surface area contributed by atoms with Crippen LogP contribution in [0.15, 0.2) is 60.9 Å². The van der Waals surface area contributed by atoms with Crippen molar-refractivity contribution in [2.24, 2.45) is 0 Å².